The number of rotatable bonds is 7. The lowest BCUT2D eigenvalue weighted by atomic mass is 10.4. The molecule has 0 fully saturated rings. The Bertz CT molecular complexity index is 140. The van der Waals surface area contributed by atoms with E-state index in [9.17, 15) is 4.79 Å². The van der Waals surface area contributed by atoms with Crippen molar-refractivity contribution in [3.8, 4) is 0 Å². The fourth-order valence-electron chi connectivity index (χ4n) is 0.867. The largest absolute Gasteiger partial charge is 0.372 e. The third-order valence-electron chi connectivity index (χ3n) is 1.70. The van der Waals surface area contributed by atoms with Crippen molar-refractivity contribution < 1.29 is 9.53 Å². The number of hydrogen-bond acceptors (Lipinski definition) is 3. The number of hydrogen-bond donors (Lipinski definition) is 1. The predicted molar refractivity (Wildman–Crippen MR) is 52.4 cm³/mol. The molecule has 4 heteroatoms. The summed E-state index contributed by atoms with van der Waals surface area (Å²) in [6, 6.07) is 0. The zero-order valence-corrected chi connectivity index (χ0v) is 8.58. The lowest BCUT2D eigenvalue weighted by Gasteiger charge is -2.16. The summed E-state index contributed by atoms with van der Waals surface area (Å²) < 4.78 is 5.12. The molecular weight excluding hydrogens is 168 g/mol. The second kappa shape index (κ2) is 8.01. The molecule has 0 bridgehead atoms. The van der Waals surface area contributed by atoms with Gasteiger partial charge in [0, 0.05) is 20.2 Å². The summed E-state index contributed by atoms with van der Waals surface area (Å²) in [4.78, 5) is 12.9. The average Bonchev–Trinajstić information content (AvgIpc) is 2.14. The minimum Gasteiger partial charge on any atom is -0.372 e. The van der Waals surface area contributed by atoms with Crippen LogP contribution in [0.4, 0.5) is 0 Å². The average molecular weight is 188 g/mol. The number of nitrogens with zero attached hydrogens (tertiary/aromatic N) is 1. The SMILES string of the molecule is CCCOCC(=O)N(C)CCCN. The number of ether oxygens (including phenoxy) is 1. The first kappa shape index (κ1) is 12.4. The topological polar surface area (TPSA) is 55.6 Å². The molecular formula is C9H20N2O2. The highest BCUT2D eigenvalue weighted by molar-refractivity contribution is 5.77. The smallest absolute Gasteiger partial charge is 0.248 e. The molecule has 0 aromatic carbocycles. The van der Waals surface area contributed by atoms with E-state index in [2.05, 4.69) is 0 Å². The minimum absolute atomic E-state index is 0.0295. The van der Waals surface area contributed by atoms with Gasteiger partial charge in [-0.2, -0.15) is 0 Å². The van der Waals surface area contributed by atoms with Crippen molar-refractivity contribution in [1.29, 1.82) is 0 Å². The third-order valence-corrected chi connectivity index (χ3v) is 1.70. The van der Waals surface area contributed by atoms with Crippen LogP contribution in [-0.4, -0.2) is 44.2 Å². The molecule has 0 aliphatic rings. The Hall–Kier alpha value is -0.610. The second-order valence-electron chi connectivity index (χ2n) is 3.01. The lowest BCUT2D eigenvalue weighted by Crippen LogP contribution is -2.32. The summed E-state index contributed by atoms with van der Waals surface area (Å²) in [5, 5.41) is 0. The van der Waals surface area contributed by atoms with Crippen molar-refractivity contribution in [3.63, 3.8) is 0 Å². The Morgan fingerprint density at radius 1 is 1.54 bits per heavy atom. The van der Waals surface area contributed by atoms with E-state index >= 15 is 0 Å². The van der Waals surface area contributed by atoms with Gasteiger partial charge in [-0.3, -0.25) is 4.79 Å². The summed E-state index contributed by atoms with van der Waals surface area (Å²) >= 11 is 0. The maximum absolute atomic E-state index is 11.3. The molecule has 0 rings (SSSR count). The van der Waals surface area contributed by atoms with Crippen LogP contribution < -0.4 is 5.73 Å². The summed E-state index contributed by atoms with van der Waals surface area (Å²) in [6.07, 6.45) is 1.79. The van der Waals surface area contributed by atoms with E-state index in [1.54, 1.807) is 11.9 Å². The van der Waals surface area contributed by atoms with E-state index in [0.29, 0.717) is 19.7 Å². The van der Waals surface area contributed by atoms with Crippen molar-refractivity contribution in [3.05, 3.63) is 0 Å². The van der Waals surface area contributed by atoms with Gasteiger partial charge in [-0.1, -0.05) is 6.92 Å². The van der Waals surface area contributed by atoms with Crippen LogP contribution in [0.25, 0.3) is 0 Å². The van der Waals surface area contributed by atoms with Gasteiger partial charge >= 0.3 is 0 Å². The van der Waals surface area contributed by atoms with Gasteiger partial charge in [-0.15, -0.1) is 0 Å². The molecule has 0 aromatic rings. The van der Waals surface area contributed by atoms with Crippen molar-refractivity contribution in [2.75, 3.05) is 33.4 Å². The number of nitrogens with two attached hydrogens (primary N) is 1. The Balaban J connectivity index is 3.45. The molecule has 2 N–H and O–H groups in total. The van der Waals surface area contributed by atoms with Gasteiger partial charge in [0.15, 0.2) is 0 Å². The molecule has 1 amide bonds. The van der Waals surface area contributed by atoms with Crippen molar-refractivity contribution in [2.24, 2.45) is 5.73 Å². The quantitative estimate of drug-likeness (QED) is 0.581. The van der Waals surface area contributed by atoms with Crippen LogP contribution in [0.15, 0.2) is 0 Å². The van der Waals surface area contributed by atoms with Crippen molar-refractivity contribution >= 4 is 5.91 Å². The van der Waals surface area contributed by atoms with Crippen LogP contribution in [0.5, 0.6) is 0 Å². The monoisotopic (exact) mass is 188 g/mol. The van der Waals surface area contributed by atoms with E-state index in [1.165, 1.54) is 0 Å². The molecule has 0 saturated heterocycles. The maximum Gasteiger partial charge on any atom is 0.248 e. The van der Waals surface area contributed by atoms with Gasteiger partial charge in [0.2, 0.25) is 5.91 Å². The van der Waals surface area contributed by atoms with Gasteiger partial charge in [0.1, 0.15) is 6.61 Å². The van der Waals surface area contributed by atoms with Crippen LogP contribution in [0, 0.1) is 0 Å². The van der Waals surface area contributed by atoms with Gasteiger partial charge in [-0.05, 0) is 19.4 Å². The van der Waals surface area contributed by atoms with Gasteiger partial charge in [0.05, 0.1) is 0 Å². The second-order valence-corrected chi connectivity index (χ2v) is 3.01. The normalized spacial score (nSPS) is 10.1. The van der Waals surface area contributed by atoms with E-state index in [1.807, 2.05) is 6.92 Å². The van der Waals surface area contributed by atoms with Crippen molar-refractivity contribution in [1.82, 2.24) is 4.90 Å². The van der Waals surface area contributed by atoms with E-state index < -0.39 is 0 Å². The van der Waals surface area contributed by atoms with Gasteiger partial charge in [-0.25, -0.2) is 0 Å². The highest BCUT2D eigenvalue weighted by Gasteiger charge is 2.06. The molecule has 0 heterocycles. The van der Waals surface area contributed by atoms with E-state index in [0.717, 1.165) is 12.8 Å². The first-order valence-corrected chi connectivity index (χ1v) is 4.74. The van der Waals surface area contributed by atoms with E-state index in [4.69, 9.17) is 10.5 Å². The zero-order valence-electron chi connectivity index (χ0n) is 8.58. The number of amides is 1. The number of carbonyl (C=O) groups is 1. The fourth-order valence-corrected chi connectivity index (χ4v) is 0.867. The molecule has 0 spiro atoms. The molecule has 0 atom stereocenters. The number of likely N-dealkylation sites (N-methyl/N-ethyl adjacent to an activating group) is 1. The van der Waals surface area contributed by atoms with Crippen molar-refractivity contribution in [2.45, 2.75) is 19.8 Å². The highest BCUT2D eigenvalue weighted by Crippen LogP contribution is 1.89. The highest BCUT2D eigenvalue weighted by atomic mass is 16.5. The third kappa shape index (κ3) is 6.54. The standard InChI is InChI=1S/C9H20N2O2/c1-3-7-13-8-9(12)11(2)6-4-5-10/h3-8,10H2,1-2H3. The Labute approximate surface area is 80.0 Å². The molecule has 0 aliphatic heterocycles. The van der Waals surface area contributed by atoms with Gasteiger partial charge < -0.3 is 15.4 Å². The predicted octanol–water partition coefficient (Wildman–Crippen LogP) is 0.220. The Morgan fingerprint density at radius 3 is 2.77 bits per heavy atom. The van der Waals surface area contributed by atoms with Crippen LogP contribution in [0.2, 0.25) is 0 Å². The Morgan fingerprint density at radius 2 is 2.23 bits per heavy atom. The van der Waals surface area contributed by atoms with Gasteiger partial charge in [0.25, 0.3) is 0 Å². The molecule has 0 radical (unpaired) electrons. The first-order valence-electron chi connectivity index (χ1n) is 4.74. The minimum atomic E-state index is 0.0295. The summed E-state index contributed by atoms with van der Waals surface area (Å²) in [5.41, 5.74) is 5.33. The van der Waals surface area contributed by atoms with Crippen LogP contribution >= 0.6 is 0 Å². The lowest BCUT2D eigenvalue weighted by molar-refractivity contribution is -0.134. The van der Waals surface area contributed by atoms with Crippen LogP contribution in [0.3, 0.4) is 0 Å². The summed E-state index contributed by atoms with van der Waals surface area (Å²) in [6.45, 7) is 4.19. The fraction of sp³-hybridized carbons (Fsp3) is 0.889. The maximum atomic E-state index is 11.3. The molecule has 13 heavy (non-hydrogen) atoms. The Kier molecular flexibility index (Phi) is 7.63. The molecule has 78 valence electrons. The molecule has 0 saturated carbocycles. The zero-order chi connectivity index (χ0) is 10.1. The molecule has 0 aromatic heterocycles. The van der Waals surface area contributed by atoms with Crippen LogP contribution in [0.1, 0.15) is 19.8 Å². The summed E-state index contributed by atoms with van der Waals surface area (Å²) in [5.74, 6) is 0.0295. The molecule has 0 unspecified atom stereocenters. The number of carbonyl (C=O) groups excluding carboxylic acids is 1. The summed E-state index contributed by atoms with van der Waals surface area (Å²) in [7, 11) is 1.77. The van der Waals surface area contributed by atoms with Crippen LogP contribution in [-0.2, 0) is 9.53 Å². The molecule has 0 aliphatic carbocycles. The first-order chi connectivity index (χ1) is 6.22. The van der Waals surface area contributed by atoms with E-state index in [-0.39, 0.29) is 12.5 Å². The molecule has 4 nitrogen and oxygen atoms in total.